The van der Waals surface area contributed by atoms with Crippen LogP contribution in [0.5, 0.6) is 11.5 Å². The Labute approximate surface area is 109 Å². The summed E-state index contributed by atoms with van der Waals surface area (Å²) in [5, 5.41) is 0. The highest BCUT2D eigenvalue weighted by Gasteiger charge is 2.33. The third kappa shape index (κ3) is 3.39. The molecule has 0 N–H and O–H groups in total. The van der Waals surface area contributed by atoms with Crippen molar-refractivity contribution in [3.63, 3.8) is 0 Å². The van der Waals surface area contributed by atoms with E-state index in [1.807, 2.05) is 19.9 Å². The molecule has 3 heteroatoms. The third-order valence-electron chi connectivity index (χ3n) is 3.16. The van der Waals surface area contributed by atoms with E-state index >= 15 is 0 Å². The molecule has 100 valence electrons. The Morgan fingerprint density at radius 3 is 2.39 bits per heavy atom. The summed E-state index contributed by atoms with van der Waals surface area (Å²) in [6.45, 7) is 7.41. The predicted molar refractivity (Wildman–Crippen MR) is 71.4 cm³/mol. The number of hydrogen-bond donors (Lipinski definition) is 0. The minimum atomic E-state index is 0.444. The molecule has 1 aromatic carbocycles. The van der Waals surface area contributed by atoms with Gasteiger partial charge in [-0.1, -0.05) is 6.07 Å². The van der Waals surface area contributed by atoms with Gasteiger partial charge in [-0.25, -0.2) is 0 Å². The lowest BCUT2D eigenvalue weighted by Gasteiger charge is -2.12. The second kappa shape index (κ2) is 6.10. The molecule has 18 heavy (non-hydrogen) atoms. The number of rotatable bonds is 7. The van der Waals surface area contributed by atoms with Crippen LogP contribution < -0.4 is 9.47 Å². The van der Waals surface area contributed by atoms with Gasteiger partial charge in [-0.05, 0) is 51.3 Å². The first-order valence-corrected chi connectivity index (χ1v) is 6.78. The average molecular weight is 250 g/mol. The maximum Gasteiger partial charge on any atom is 0.161 e. The van der Waals surface area contributed by atoms with E-state index in [4.69, 9.17) is 14.2 Å². The van der Waals surface area contributed by atoms with Gasteiger partial charge in [-0.2, -0.15) is 0 Å². The Hall–Kier alpha value is -1.22. The molecule has 0 amide bonds. The standard InChI is InChI=1S/C15H22O3/c1-4-16-14-9-7-12(10-15(14)17-5-2)6-8-13-11(3)18-13/h7,9-11,13H,4-6,8H2,1-3H3. The molecule has 2 unspecified atom stereocenters. The number of epoxide rings is 1. The molecule has 1 heterocycles. The maximum atomic E-state index is 5.62. The molecule has 3 nitrogen and oxygen atoms in total. The van der Waals surface area contributed by atoms with Crippen LogP contribution in [0.4, 0.5) is 0 Å². The van der Waals surface area contributed by atoms with Gasteiger partial charge in [0.25, 0.3) is 0 Å². The lowest BCUT2D eigenvalue weighted by atomic mass is 10.1. The van der Waals surface area contributed by atoms with Crippen molar-refractivity contribution in [1.29, 1.82) is 0 Å². The van der Waals surface area contributed by atoms with E-state index in [9.17, 15) is 0 Å². The minimum absolute atomic E-state index is 0.444. The van der Waals surface area contributed by atoms with E-state index in [2.05, 4.69) is 19.1 Å². The van der Waals surface area contributed by atoms with E-state index < -0.39 is 0 Å². The second-order valence-electron chi connectivity index (χ2n) is 4.57. The summed E-state index contributed by atoms with van der Waals surface area (Å²) in [5.74, 6) is 1.68. The average Bonchev–Trinajstić information content (AvgIpc) is 3.06. The van der Waals surface area contributed by atoms with Crippen LogP contribution in [0.2, 0.25) is 0 Å². The normalized spacial score (nSPS) is 21.7. The van der Waals surface area contributed by atoms with E-state index in [0.29, 0.717) is 25.4 Å². The molecule has 0 aromatic heterocycles. The first-order valence-electron chi connectivity index (χ1n) is 6.78. The van der Waals surface area contributed by atoms with E-state index in [1.54, 1.807) is 0 Å². The Bertz CT molecular complexity index is 389. The molecule has 0 radical (unpaired) electrons. The topological polar surface area (TPSA) is 31.0 Å². The molecule has 0 bridgehead atoms. The van der Waals surface area contributed by atoms with Gasteiger partial charge in [0.15, 0.2) is 11.5 Å². The van der Waals surface area contributed by atoms with E-state index in [0.717, 1.165) is 24.3 Å². The first-order chi connectivity index (χ1) is 8.74. The van der Waals surface area contributed by atoms with Gasteiger partial charge >= 0.3 is 0 Å². The van der Waals surface area contributed by atoms with Gasteiger partial charge in [0, 0.05) is 0 Å². The van der Waals surface area contributed by atoms with Crippen LogP contribution in [0.15, 0.2) is 18.2 Å². The van der Waals surface area contributed by atoms with Gasteiger partial charge in [0.1, 0.15) is 0 Å². The van der Waals surface area contributed by atoms with Crippen molar-refractivity contribution in [3.8, 4) is 11.5 Å². The lowest BCUT2D eigenvalue weighted by Crippen LogP contribution is -2.00. The first kappa shape index (κ1) is 13.2. The van der Waals surface area contributed by atoms with Crippen molar-refractivity contribution in [2.24, 2.45) is 0 Å². The third-order valence-corrected chi connectivity index (χ3v) is 3.16. The molecule has 0 aliphatic carbocycles. The Morgan fingerprint density at radius 2 is 1.78 bits per heavy atom. The molecule has 2 rings (SSSR count). The van der Waals surface area contributed by atoms with Crippen LogP contribution in [0, 0.1) is 0 Å². The van der Waals surface area contributed by atoms with Crippen LogP contribution >= 0.6 is 0 Å². The maximum absolute atomic E-state index is 5.62. The largest absolute Gasteiger partial charge is 0.490 e. The van der Waals surface area contributed by atoms with E-state index in [-0.39, 0.29) is 0 Å². The number of benzene rings is 1. The molecule has 2 atom stereocenters. The molecule has 1 aliphatic rings. The summed E-state index contributed by atoms with van der Waals surface area (Å²) in [6, 6.07) is 6.20. The Morgan fingerprint density at radius 1 is 1.11 bits per heavy atom. The van der Waals surface area contributed by atoms with Crippen LogP contribution in [-0.2, 0) is 11.2 Å². The van der Waals surface area contributed by atoms with Gasteiger partial charge in [0.2, 0.25) is 0 Å². The predicted octanol–water partition coefficient (Wildman–Crippen LogP) is 3.20. The molecular weight excluding hydrogens is 228 g/mol. The van der Waals surface area contributed by atoms with Crippen molar-refractivity contribution in [3.05, 3.63) is 23.8 Å². The molecule has 0 saturated carbocycles. The van der Waals surface area contributed by atoms with Gasteiger partial charge < -0.3 is 14.2 Å². The molecule has 1 saturated heterocycles. The van der Waals surface area contributed by atoms with Gasteiger partial charge in [-0.3, -0.25) is 0 Å². The fourth-order valence-electron chi connectivity index (χ4n) is 2.09. The van der Waals surface area contributed by atoms with E-state index in [1.165, 1.54) is 5.56 Å². The van der Waals surface area contributed by atoms with Crippen molar-refractivity contribution in [2.75, 3.05) is 13.2 Å². The summed E-state index contributed by atoms with van der Waals surface area (Å²) >= 11 is 0. The Kier molecular flexibility index (Phi) is 4.48. The number of ether oxygens (including phenoxy) is 3. The summed E-state index contributed by atoms with van der Waals surface area (Å²) in [7, 11) is 0. The monoisotopic (exact) mass is 250 g/mol. The quantitative estimate of drug-likeness (QED) is 0.696. The zero-order valence-corrected chi connectivity index (χ0v) is 11.4. The minimum Gasteiger partial charge on any atom is -0.490 e. The number of hydrogen-bond acceptors (Lipinski definition) is 3. The fourth-order valence-corrected chi connectivity index (χ4v) is 2.09. The van der Waals surface area contributed by atoms with Crippen LogP contribution in [0.3, 0.4) is 0 Å². The number of aryl methyl sites for hydroxylation is 1. The summed E-state index contributed by atoms with van der Waals surface area (Å²) in [5.41, 5.74) is 1.28. The highest BCUT2D eigenvalue weighted by Crippen LogP contribution is 2.31. The smallest absolute Gasteiger partial charge is 0.161 e. The lowest BCUT2D eigenvalue weighted by molar-refractivity contribution is 0.287. The Balaban J connectivity index is 1.99. The molecule has 1 fully saturated rings. The SMILES string of the molecule is CCOc1ccc(CCC2OC2C)cc1OCC. The molecular formula is C15H22O3. The van der Waals surface area contributed by atoms with Crippen molar-refractivity contribution >= 4 is 0 Å². The van der Waals surface area contributed by atoms with Crippen molar-refractivity contribution in [1.82, 2.24) is 0 Å². The summed E-state index contributed by atoms with van der Waals surface area (Å²) in [4.78, 5) is 0. The second-order valence-corrected chi connectivity index (χ2v) is 4.57. The summed E-state index contributed by atoms with van der Waals surface area (Å²) < 4.78 is 16.6. The van der Waals surface area contributed by atoms with Crippen LogP contribution in [0.1, 0.15) is 32.8 Å². The summed E-state index contributed by atoms with van der Waals surface area (Å²) in [6.07, 6.45) is 3.01. The zero-order valence-electron chi connectivity index (χ0n) is 11.4. The highest BCUT2D eigenvalue weighted by molar-refractivity contribution is 5.43. The van der Waals surface area contributed by atoms with Crippen molar-refractivity contribution < 1.29 is 14.2 Å². The molecule has 0 spiro atoms. The van der Waals surface area contributed by atoms with Crippen molar-refractivity contribution in [2.45, 2.75) is 45.8 Å². The zero-order chi connectivity index (χ0) is 13.0. The molecule has 1 aliphatic heterocycles. The van der Waals surface area contributed by atoms with Crippen LogP contribution in [0.25, 0.3) is 0 Å². The fraction of sp³-hybridized carbons (Fsp3) is 0.600. The molecule has 1 aromatic rings. The van der Waals surface area contributed by atoms with Gasteiger partial charge in [0.05, 0.1) is 25.4 Å². The highest BCUT2D eigenvalue weighted by atomic mass is 16.6. The van der Waals surface area contributed by atoms with Gasteiger partial charge in [-0.15, -0.1) is 0 Å². The van der Waals surface area contributed by atoms with Crippen LogP contribution in [-0.4, -0.2) is 25.4 Å².